The van der Waals surface area contributed by atoms with Crippen molar-refractivity contribution in [2.45, 2.75) is 12.1 Å². The number of halogens is 2. The smallest absolute Gasteiger partial charge is 0.266 e. The molecular formula is C23H16BrClN2O3. The molecule has 0 N–H and O–H groups in total. The number of fused-ring (bicyclic) bond motifs is 1. The lowest BCUT2D eigenvalue weighted by Gasteiger charge is -2.28. The number of rotatable bonds is 3. The van der Waals surface area contributed by atoms with Crippen LogP contribution in [0, 0.1) is 5.92 Å². The number of imide groups is 1. The lowest BCUT2D eigenvalue weighted by Crippen LogP contribution is -2.37. The van der Waals surface area contributed by atoms with Gasteiger partial charge in [0.05, 0.1) is 17.4 Å². The van der Waals surface area contributed by atoms with Crippen molar-refractivity contribution in [1.82, 2.24) is 0 Å². The Morgan fingerprint density at radius 1 is 0.800 bits per heavy atom. The molecule has 0 radical (unpaired) electrons. The average molecular weight is 484 g/mol. The van der Waals surface area contributed by atoms with E-state index >= 15 is 0 Å². The number of anilines is 2. The molecule has 2 heterocycles. The Morgan fingerprint density at radius 2 is 1.47 bits per heavy atom. The number of hydroxylamine groups is 1. The van der Waals surface area contributed by atoms with E-state index in [1.807, 2.05) is 54.6 Å². The molecule has 0 bridgehead atoms. The molecule has 0 aromatic heterocycles. The molecule has 30 heavy (non-hydrogen) atoms. The zero-order valence-corrected chi connectivity index (χ0v) is 18.0. The summed E-state index contributed by atoms with van der Waals surface area (Å²) in [7, 11) is 0. The topological polar surface area (TPSA) is 49.9 Å². The monoisotopic (exact) mass is 482 g/mol. The van der Waals surface area contributed by atoms with Crippen LogP contribution in [0.5, 0.6) is 0 Å². The van der Waals surface area contributed by atoms with Crippen LogP contribution in [0.3, 0.4) is 0 Å². The number of para-hydroxylation sites is 1. The molecule has 2 aliphatic rings. The van der Waals surface area contributed by atoms with Gasteiger partial charge in [-0.25, -0.2) is 9.96 Å². The highest BCUT2D eigenvalue weighted by Gasteiger charge is 2.60. The van der Waals surface area contributed by atoms with E-state index in [0.717, 1.165) is 15.7 Å². The van der Waals surface area contributed by atoms with E-state index in [2.05, 4.69) is 15.9 Å². The molecule has 0 spiro atoms. The third kappa shape index (κ3) is 3.12. The van der Waals surface area contributed by atoms with Crippen LogP contribution >= 0.6 is 27.5 Å². The fraction of sp³-hybridized carbons (Fsp3) is 0.130. The average Bonchev–Trinajstić information content (AvgIpc) is 3.27. The highest BCUT2D eigenvalue weighted by molar-refractivity contribution is 9.10. The normalized spacial score (nSPS) is 23.2. The van der Waals surface area contributed by atoms with Gasteiger partial charge in [0.15, 0.2) is 6.10 Å². The van der Waals surface area contributed by atoms with Gasteiger partial charge in [-0.15, -0.1) is 0 Å². The van der Waals surface area contributed by atoms with Crippen LogP contribution in [0.15, 0.2) is 83.3 Å². The van der Waals surface area contributed by atoms with Gasteiger partial charge in [-0.2, -0.15) is 0 Å². The Balaban J connectivity index is 1.58. The standard InChI is InChI=1S/C23H16BrClN2O3/c24-15-8-6-14(7-9-15)20-19-21(30-27(20)18-4-2-1-3-5-18)23(29)26(22(19)28)17-12-10-16(25)11-13-17/h1-13,19-21H/t19-,20-,21-/m1/s1. The Kier molecular flexibility index (Phi) is 4.85. The molecular weight excluding hydrogens is 468 g/mol. The van der Waals surface area contributed by atoms with Gasteiger partial charge in [-0.05, 0) is 54.1 Å². The van der Waals surface area contributed by atoms with Gasteiger partial charge in [0.25, 0.3) is 5.91 Å². The fourth-order valence-electron chi connectivity index (χ4n) is 4.06. The Bertz CT molecular complexity index is 1110. The third-order valence-electron chi connectivity index (χ3n) is 5.42. The summed E-state index contributed by atoms with van der Waals surface area (Å²) in [5, 5.41) is 2.23. The van der Waals surface area contributed by atoms with E-state index in [1.165, 1.54) is 4.90 Å². The van der Waals surface area contributed by atoms with Crippen LogP contribution in [-0.4, -0.2) is 17.9 Å². The van der Waals surface area contributed by atoms with Crippen molar-refractivity contribution in [3.8, 4) is 0 Å². The summed E-state index contributed by atoms with van der Waals surface area (Å²) in [6.45, 7) is 0. The molecule has 3 aromatic carbocycles. The van der Waals surface area contributed by atoms with Crippen LogP contribution in [0.2, 0.25) is 5.02 Å². The predicted octanol–water partition coefficient (Wildman–Crippen LogP) is 5.15. The molecule has 5 rings (SSSR count). The van der Waals surface area contributed by atoms with Crippen LogP contribution in [-0.2, 0) is 14.4 Å². The molecule has 0 unspecified atom stereocenters. The van der Waals surface area contributed by atoms with Gasteiger partial charge in [0.1, 0.15) is 5.92 Å². The zero-order valence-electron chi connectivity index (χ0n) is 15.6. The highest BCUT2D eigenvalue weighted by Crippen LogP contribution is 2.47. The largest absolute Gasteiger partial charge is 0.273 e. The molecule has 3 atom stereocenters. The van der Waals surface area contributed by atoms with E-state index < -0.39 is 18.1 Å². The molecule has 2 fully saturated rings. The maximum atomic E-state index is 13.5. The summed E-state index contributed by atoms with van der Waals surface area (Å²) in [5.74, 6) is -1.30. The second kappa shape index (κ2) is 7.54. The second-order valence-corrected chi connectivity index (χ2v) is 8.55. The van der Waals surface area contributed by atoms with E-state index in [-0.39, 0.29) is 11.8 Å². The lowest BCUT2D eigenvalue weighted by molar-refractivity contribution is -0.126. The molecule has 0 aliphatic carbocycles. The Morgan fingerprint density at radius 3 is 2.13 bits per heavy atom. The van der Waals surface area contributed by atoms with Crippen LogP contribution in [0.1, 0.15) is 11.6 Å². The first-order valence-electron chi connectivity index (χ1n) is 9.44. The third-order valence-corrected chi connectivity index (χ3v) is 6.20. The first kappa shape index (κ1) is 19.3. The van der Waals surface area contributed by atoms with Gasteiger partial charge in [-0.3, -0.25) is 14.4 Å². The first-order chi connectivity index (χ1) is 14.5. The van der Waals surface area contributed by atoms with Crippen molar-refractivity contribution in [2.24, 2.45) is 5.92 Å². The van der Waals surface area contributed by atoms with Crippen LogP contribution in [0.4, 0.5) is 11.4 Å². The van der Waals surface area contributed by atoms with Crippen LogP contribution < -0.4 is 9.96 Å². The summed E-state index contributed by atoms with van der Waals surface area (Å²) >= 11 is 9.42. The number of amides is 2. The number of carbonyl (C=O) groups is 2. The number of nitrogens with zero attached hydrogens (tertiary/aromatic N) is 2. The van der Waals surface area contributed by atoms with Crippen molar-refractivity contribution < 1.29 is 14.4 Å². The van der Waals surface area contributed by atoms with Gasteiger partial charge in [-0.1, -0.05) is 57.9 Å². The van der Waals surface area contributed by atoms with Crippen molar-refractivity contribution in [1.29, 1.82) is 0 Å². The van der Waals surface area contributed by atoms with Gasteiger partial charge in [0.2, 0.25) is 5.91 Å². The number of hydrogen-bond acceptors (Lipinski definition) is 4. The molecule has 2 aliphatic heterocycles. The van der Waals surface area contributed by atoms with Crippen molar-refractivity contribution in [3.63, 3.8) is 0 Å². The molecule has 2 amide bonds. The second-order valence-electron chi connectivity index (χ2n) is 7.20. The molecule has 0 saturated carbocycles. The summed E-state index contributed by atoms with van der Waals surface area (Å²) < 4.78 is 0.935. The highest BCUT2D eigenvalue weighted by atomic mass is 79.9. The van der Waals surface area contributed by atoms with E-state index in [0.29, 0.717) is 10.7 Å². The Hall–Kier alpha value is -2.67. The van der Waals surface area contributed by atoms with E-state index in [4.69, 9.17) is 16.4 Å². The van der Waals surface area contributed by atoms with E-state index in [9.17, 15) is 9.59 Å². The van der Waals surface area contributed by atoms with Crippen molar-refractivity contribution >= 4 is 50.7 Å². The first-order valence-corrected chi connectivity index (χ1v) is 10.6. The SMILES string of the molecule is O=C1[C@@H]2[C@@H](c3ccc(Br)cc3)N(c3ccccc3)O[C@H]2C(=O)N1c1ccc(Cl)cc1. The summed E-state index contributed by atoms with van der Waals surface area (Å²) in [5.41, 5.74) is 2.18. The van der Waals surface area contributed by atoms with E-state index in [1.54, 1.807) is 29.3 Å². The lowest BCUT2D eigenvalue weighted by atomic mass is 9.90. The Labute approximate surface area is 186 Å². The van der Waals surface area contributed by atoms with Crippen molar-refractivity contribution in [3.05, 3.63) is 93.9 Å². The fourth-order valence-corrected chi connectivity index (χ4v) is 4.45. The van der Waals surface area contributed by atoms with Crippen LogP contribution in [0.25, 0.3) is 0 Å². The predicted molar refractivity (Wildman–Crippen MR) is 118 cm³/mol. The van der Waals surface area contributed by atoms with Gasteiger partial charge < -0.3 is 0 Å². The number of hydrogen-bond donors (Lipinski definition) is 0. The summed E-state index contributed by atoms with van der Waals surface area (Å²) in [4.78, 5) is 34.0. The summed E-state index contributed by atoms with van der Waals surface area (Å²) in [6.07, 6.45) is -0.887. The minimum absolute atomic E-state index is 0.279. The minimum Gasteiger partial charge on any atom is -0.273 e. The minimum atomic E-state index is -0.887. The molecule has 3 aromatic rings. The van der Waals surface area contributed by atoms with Gasteiger partial charge >= 0.3 is 0 Å². The molecule has 5 nitrogen and oxygen atoms in total. The van der Waals surface area contributed by atoms with Crippen molar-refractivity contribution in [2.75, 3.05) is 9.96 Å². The maximum Gasteiger partial charge on any atom is 0.266 e. The molecule has 2 saturated heterocycles. The number of carbonyl (C=O) groups excluding carboxylic acids is 2. The maximum absolute atomic E-state index is 13.5. The van der Waals surface area contributed by atoms with Gasteiger partial charge in [0, 0.05) is 9.50 Å². The zero-order chi connectivity index (χ0) is 20.8. The number of benzene rings is 3. The summed E-state index contributed by atoms with van der Waals surface area (Å²) in [6, 6.07) is 23.5. The molecule has 7 heteroatoms. The molecule has 150 valence electrons. The quantitative estimate of drug-likeness (QED) is 0.483.